The quantitative estimate of drug-likeness (QED) is 0.479. The number of esters is 1. The van der Waals surface area contributed by atoms with Crippen LogP contribution in [0.4, 0.5) is 15.1 Å². The minimum atomic E-state index is -4.00. The number of hydrogen-bond donors (Lipinski definition) is 2. The molecule has 0 aliphatic rings. The Morgan fingerprint density at radius 2 is 1.88 bits per heavy atom. The van der Waals surface area contributed by atoms with Crippen LogP contribution in [0.3, 0.4) is 0 Å². The number of halogens is 1. The van der Waals surface area contributed by atoms with Crippen molar-refractivity contribution in [1.29, 1.82) is 5.26 Å². The first-order valence-electron chi connectivity index (χ1n) is 9.56. The van der Waals surface area contributed by atoms with E-state index in [1.807, 2.05) is 6.07 Å². The second-order valence-corrected chi connectivity index (χ2v) is 9.39. The van der Waals surface area contributed by atoms with E-state index in [0.717, 1.165) is 35.6 Å². The van der Waals surface area contributed by atoms with Crippen LogP contribution in [-0.4, -0.2) is 26.9 Å². The molecule has 1 aromatic heterocycles. The van der Waals surface area contributed by atoms with Gasteiger partial charge < -0.3 is 10.1 Å². The summed E-state index contributed by atoms with van der Waals surface area (Å²) in [5.74, 6) is -1.76. The first kappa shape index (κ1) is 23.9. The third-order valence-corrected chi connectivity index (χ3v) is 7.03. The van der Waals surface area contributed by atoms with Crippen molar-refractivity contribution in [2.45, 2.75) is 18.7 Å². The van der Waals surface area contributed by atoms with Crippen LogP contribution >= 0.6 is 11.3 Å². The number of carbonyl (C=O) groups excluding carboxylic acids is 2. The number of sulfonamides is 1. The number of amides is 1. The average Bonchev–Trinajstić information content (AvgIpc) is 3.09. The first-order valence-corrected chi connectivity index (χ1v) is 11.9. The summed E-state index contributed by atoms with van der Waals surface area (Å²) in [7, 11) is -4.00. The molecule has 0 saturated carbocycles. The molecule has 1 amide bonds. The molecular weight excluding hydrogens is 469 g/mol. The maximum atomic E-state index is 13.1. The van der Waals surface area contributed by atoms with Crippen molar-refractivity contribution < 1.29 is 27.1 Å². The van der Waals surface area contributed by atoms with Crippen molar-refractivity contribution in [3.8, 4) is 6.07 Å². The summed E-state index contributed by atoms with van der Waals surface area (Å²) < 4.78 is 45.4. The van der Waals surface area contributed by atoms with E-state index in [1.165, 1.54) is 24.3 Å². The van der Waals surface area contributed by atoms with Crippen molar-refractivity contribution in [2.75, 3.05) is 16.6 Å². The lowest BCUT2D eigenvalue weighted by atomic mass is 10.1. The van der Waals surface area contributed by atoms with E-state index < -0.39 is 27.7 Å². The molecule has 0 radical (unpaired) electrons. The van der Waals surface area contributed by atoms with Gasteiger partial charge in [0.2, 0.25) is 0 Å². The van der Waals surface area contributed by atoms with Gasteiger partial charge in [-0.15, -0.1) is 11.3 Å². The van der Waals surface area contributed by atoms with Gasteiger partial charge in [-0.25, -0.2) is 17.6 Å². The highest BCUT2D eigenvalue weighted by Crippen LogP contribution is 2.33. The van der Waals surface area contributed by atoms with E-state index in [-0.39, 0.29) is 38.2 Å². The fraction of sp³-hybridized carbons (Fsp3) is 0.136. The van der Waals surface area contributed by atoms with E-state index >= 15 is 0 Å². The van der Waals surface area contributed by atoms with Crippen molar-refractivity contribution in [3.63, 3.8) is 0 Å². The highest BCUT2D eigenvalue weighted by Gasteiger charge is 2.23. The van der Waals surface area contributed by atoms with Gasteiger partial charge in [-0.1, -0.05) is 6.07 Å². The minimum Gasteiger partial charge on any atom is -0.462 e. The first-order chi connectivity index (χ1) is 15.7. The van der Waals surface area contributed by atoms with Gasteiger partial charge in [0.1, 0.15) is 21.8 Å². The zero-order chi connectivity index (χ0) is 24.2. The van der Waals surface area contributed by atoms with Crippen LogP contribution in [0.1, 0.15) is 38.1 Å². The van der Waals surface area contributed by atoms with E-state index in [0.29, 0.717) is 5.56 Å². The third kappa shape index (κ3) is 5.36. The topological polar surface area (TPSA) is 125 Å². The summed E-state index contributed by atoms with van der Waals surface area (Å²) in [5.41, 5.74) is 0.769. The van der Waals surface area contributed by atoms with E-state index in [4.69, 9.17) is 4.74 Å². The van der Waals surface area contributed by atoms with Gasteiger partial charge in [0.15, 0.2) is 0 Å². The number of ether oxygens (including phenoxy) is 1. The van der Waals surface area contributed by atoms with Gasteiger partial charge in [0.05, 0.1) is 17.1 Å². The Kier molecular flexibility index (Phi) is 7.10. The molecule has 1 heterocycles. The summed E-state index contributed by atoms with van der Waals surface area (Å²) in [5, 5.41) is 12.2. The van der Waals surface area contributed by atoms with E-state index in [9.17, 15) is 27.7 Å². The monoisotopic (exact) mass is 487 g/mol. The second kappa shape index (κ2) is 9.81. The smallest absolute Gasteiger partial charge is 0.348 e. The van der Waals surface area contributed by atoms with Crippen molar-refractivity contribution in [2.24, 2.45) is 0 Å². The van der Waals surface area contributed by atoms with Crippen LogP contribution in [-0.2, 0) is 14.8 Å². The molecule has 33 heavy (non-hydrogen) atoms. The molecule has 0 fully saturated rings. The normalized spacial score (nSPS) is 10.8. The molecule has 11 heteroatoms. The lowest BCUT2D eigenvalue weighted by molar-refractivity contribution is 0.0531. The molecular formula is C22H18FN3O5S2. The van der Waals surface area contributed by atoms with Gasteiger partial charge >= 0.3 is 5.97 Å². The molecule has 0 atom stereocenters. The maximum absolute atomic E-state index is 13.1. The van der Waals surface area contributed by atoms with Crippen molar-refractivity contribution >= 4 is 43.9 Å². The largest absolute Gasteiger partial charge is 0.462 e. The summed E-state index contributed by atoms with van der Waals surface area (Å²) >= 11 is 0.923. The molecule has 170 valence electrons. The molecule has 0 spiro atoms. The number of nitrogens with one attached hydrogen (secondary N) is 2. The fourth-order valence-electron chi connectivity index (χ4n) is 2.85. The predicted molar refractivity (Wildman–Crippen MR) is 121 cm³/mol. The fourth-order valence-corrected chi connectivity index (χ4v) is 4.95. The Morgan fingerprint density at radius 3 is 2.52 bits per heavy atom. The van der Waals surface area contributed by atoms with Gasteiger partial charge in [-0.05, 0) is 61.9 Å². The Balaban J connectivity index is 1.83. The number of thiophene rings is 1. The zero-order valence-corrected chi connectivity index (χ0v) is 19.1. The molecule has 2 aromatic carbocycles. The molecule has 8 nitrogen and oxygen atoms in total. The highest BCUT2D eigenvalue weighted by molar-refractivity contribution is 7.92. The standard InChI is InChI=1S/C22H18FN3O5S2/c1-3-31-22(28)19-13(2)18(12-24)21(32-19)25-20(27)14-5-4-6-16(11-14)26-33(29,30)17-9-7-15(23)8-10-17/h4-11,26H,3H2,1-2H3,(H,25,27). The molecule has 0 unspecified atom stereocenters. The number of nitrogens with zero attached hydrogens (tertiary/aromatic N) is 1. The number of hydrogen-bond acceptors (Lipinski definition) is 7. The summed E-state index contributed by atoms with van der Waals surface area (Å²) in [6.07, 6.45) is 0. The van der Waals surface area contributed by atoms with E-state index in [1.54, 1.807) is 13.8 Å². The third-order valence-electron chi connectivity index (χ3n) is 4.45. The summed E-state index contributed by atoms with van der Waals surface area (Å²) in [6, 6.07) is 12.0. The van der Waals surface area contributed by atoms with Gasteiger partial charge in [-0.2, -0.15) is 5.26 Å². The number of rotatable bonds is 7. The van der Waals surface area contributed by atoms with Crippen molar-refractivity contribution in [1.82, 2.24) is 0 Å². The molecule has 3 aromatic rings. The van der Waals surface area contributed by atoms with Gasteiger partial charge in [0, 0.05) is 11.3 Å². The van der Waals surface area contributed by atoms with Gasteiger partial charge in [-0.3, -0.25) is 9.52 Å². The molecule has 3 rings (SSSR count). The van der Waals surface area contributed by atoms with E-state index in [2.05, 4.69) is 10.0 Å². The molecule has 2 N–H and O–H groups in total. The SMILES string of the molecule is CCOC(=O)c1sc(NC(=O)c2cccc(NS(=O)(=O)c3ccc(F)cc3)c2)c(C#N)c1C. The minimum absolute atomic E-state index is 0.113. The van der Waals surface area contributed by atoms with Crippen LogP contribution in [0.15, 0.2) is 53.4 Å². The number of nitriles is 1. The zero-order valence-electron chi connectivity index (χ0n) is 17.5. The Labute approximate surface area is 193 Å². The lowest BCUT2D eigenvalue weighted by Gasteiger charge is -2.10. The Hall–Kier alpha value is -3.75. The van der Waals surface area contributed by atoms with Crippen LogP contribution in [0.25, 0.3) is 0 Å². The lowest BCUT2D eigenvalue weighted by Crippen LogP contribution is -2.15. The number of anilines is 2. The van der Waals surface area contributed by atoms with Crippen LogP contribution in [0.2, 0.25) is 0 Å². The predicted octanol–water partition coefficient (Wildman–Crippen LogP) is 4.30. The molecule has 0 aliphatic carbocycles. The highest BCUT2D eigenvalue weighted by atomic mass is 32.2. The summed E-state index contributed by atoms with van der Waals surface area (Å²) in [4.78, 5) is 24.9. The Bertz CT molecular complexity index is 1360. The van der Waals surface area contributed by atoms with Crippen LogP contribution in [0, 0.1) is 24.1 Å². The number of benzene rings is 2. The van der Waals surface area contributed by atoms with Crippen LogP contribution < -0.4 is 10.0 Å². The molecule has 0 aliphatic heterocycles. The second-order valence-electron chi connectivity index (χ2n) is 6.69. The van der Waals surface area contributed by atoms with Crippen LogP contribution in [0.5, 0.6) is 0 Å². The van der Waals surface area contributed by atoms with Gasteiger partial charge in [0.25, 0.3) is 15.9 Å². The maximum Gasteiger partial charge on any atom is 0.348 e. The Morgan fingerprint density at radius 1 is 1.18 bits per heavy atom. The number of carbonyl (C=O) groups is 2. The molecule has 0 saturated heterocycles. The van der Waals surface area contributed by atoms with Crippen molar-refractivity contribution in [3.05, 3.63) is 75.9 Å². The molecule has 0 bridgehead atoms. The summed E-state index contributed by atoms with van der Waals surface area (Å²) in [6.45, 7) is 3.41. The average molecular weight is 488 g/mol.